The van der Waals surface area contributed by atoms with Crippen molar-refractivity contribution in [3.05, 3.63) is 41.5 Å². The predicted octanol–water partition coefficient (Wildman–Crippen LogP) is 4.25. The molecule has 1 saturated heterocycles. The van der Waals surface area contributed by atoms with Crippen LogP contribution in [0, 0.1) is 0 Å². The van der Waals surface area contributed by atoms with Crippen LogP contribution in [0.25, 0.3) is 21.5 Å². The fraction of sp³-hybridized carbons (Fsp3) is 0.364. The average molecular weight is 347 g/mol. The van der Waals surface area contributed by atoms with Crippen LogP contribution in [0.3, 0.4) is 0 Å². The van der Waals surface area contributed by atoms with E-state index in [9.17, 15) is 0 Å². The van der Waals surface area contributed by atoms with Gasteiger partial charge in [0.2, 0.25) is 6.79 Å². The molecule has 0 bridgehead atoms. The molecule has 3 aliphatic heterocycles. The van der Waals surface area contributed by atoms with Crippen molar-refractivity contribution >= 4 is 21.5 Å². The molecule has 132 valence electrons. The molecule has 3 aliphatic rings. The van der Waals surface area contributed by atoms with Gasteiger partial charge in [-0.15, -0.1) is 0 Å². The van der Waals surface area contributed by atoms with Crippen molar-refractivity contribution in [3.63, 3.8) is 0 Å². The molecule has 0 saturated carbocycles. The predicted molar refractivity (Wildman–Crippen MR) is 101 cm³/mol. The van der Waals surface area contributed by atoms with Gasteiger partial charge < -0.3 is 14.2 Å². The number of hydrogen-bond acceptors (Lipinski definition) is 4. The average Bonchev–Trinajstić information content (AvgIpc) is 3.33. The van der Waals surface area contributed by atoms with Crippen LogP contribution in [-0.2, 0) is 13.0 Å². The lowest BCUT2D eigenvalue weighted by Gasteiger charge is -2.33. The molecule has 26 heavy (non-hydrogen) atoms. The molecule has 0 aliphatic carbocycles. The minimum absolute atomic E-state index is 0.311. The highest BCUT2D eigenvalue weighted by Crippen LogP contribution is 2.45. The maximum Gasteiger partial charge on any atom is 0.231 e. The Hall–Kier alpha value is -2.46. The van der Waals surface area contributed by atoms with E-state index in [1.54, 1.807) is 7.11 Å². The maximum atomic E-state index is 5.68. The fourth-order valence-corrected chi connectivity index (χ4v) is 5.06. The van der Waals surface area contributed by atoms with Crippen LogP contribution in [0.5, 0.6) is 17.2 Å². The second kappa shape index (κ2) is 5.27. The zero-order valence-electron chi connectivity index (χ0n) is 14.9. The lowest BCUT2D eigenvalue weighted by molar-refractivity contribution is 0.174. The highest BCUT2D eigenvalue weighted by molar-refractivity contribution is 6.12. The summed E-state index contributed by atoms with van der Waals surface area (Å²) in [5.41, 5.74) is 2.98. The van der Waals surface area contributed by atoms with Gasteiger partial charge in [-0.05, 0) is 82.7 Å². The summed E-state index contributed by atoms with van der Waals surface area (Å²) in [6.07, 6.45) is 3.76. The molecule has 4 heteroatoms. The van der Waals surface area contributed by atoms with Crippen LogP contribution >= 0.6 is 0 Å². The van der Waals surface area contributed by atoms with Crippen LogP contribution in [-0.4, -0.2) is 31.4 Å². The van der Waals surface area contributed by atoms with Crippen LogP contribution in [0.1, 0.15) is 24.0 Å². The fourth-order valence-electron chi connectivity index (χ4n) is 5.06. The lowest BCUT2D eigenvalue weighted by atomic mass is 9.85. The Morgan fingerprint density at radius 2 is 1.77 bits per heavy atom. The van der Waals surface area contributed by atoms with Crippen molar-refractivity contribution in [2.45, 2.75) is 31.8 Å². The molecule has 4 nitrogen and oxygen atoms in total. The number of rotatable bonds is 1. The SMILES string of the molecule is COc1ccc2c3c(c4cc5c(cc4c2c1)OCO5)C[C@H]1CCCN1C3. The van der Waals surface area contributed by atoms with E-state index in [-0.39, 0.29) is 0 Å². The summed E-state index contributed by atoms with van der Waals surface area (Å²) in [6.45, 7) is 2.58. The van der Waals surface area contributed by atoms with Crippen molar-refractivity contribution in [2.24, 2.45) is 0 Å². The molecule has 1 atom stereocenters. The third kappa shape index (κ3) is 1.93. The van der Waals surface area contributed by atoms with Crippen molar-refractivity contribution in [1.82, 2.24) is 4.90 Å². The standard InChI is InChI=1S/C22H21NO3/c1-24-14-4-5-15-17(8-14)19-10-22-21(25-12-26-22)9-18(19)16-7-13-3-2-6-23(13)11-20(15)16/h4-5,8-10,13H,2-3,6-7,11-12H2,1H3/t13-/m1/s1. The summed E-state index contributed by atoms with van der Waals surface area (Å²) in [5.74, 6) is 2.61. The minimum atomic E-state index is 0.311. The summed E-state index contributed by atoms with van der Waals surface area (Å²) in [4.78, 5) is 2.66. The molecule has 3 aromatic rings. The van der Waals surface area contributed by atoms with Gasteiger partial charge >= 0.3 is 0 Å². The van der Waals surface area contributed by atoms with Crippen LogP contribution in [0.15, 0.2) is 30.3 Å². The Kier molecular flexibility index (Phi) is 2.98. The Balaban J connectivity index is 1.72. The van der Waals surface area contributed by atoms with Gasteiger partial charge in [-0.2, -0.15) is 0 Å². The van der Waals surface area contributed by atoms with Gasteiger partial charge in [-0.3, -0.25) is 4.90 Å². The highest BCUT2D eigenvalue weighted by Gasteiger charge is 2.32. The van der Waals surface area contributed by atoms with E-state index in [2.05, 4.69) is 35.2 Å². The maximum absolute atomic E-state index is 5.68. The zero-order valence-corrected chi connectivity index (χ0v) is 14.9. The van der Waals surface area contributed by atoms with Crippen molar-refractivity contribution < 1.29 is 14.2 Å². The van der Waals surface area contributed by atoms with E-state index in [1.807, 2.05) is 0 Å². The molecule has 0 amide bonds. The number of methoxy groups -OCH3 is 1. The Morgan fingerprint density at radius 3 is 2.62 bits per heavy atom. The van der Waals surface area contributed by atoms with E-state index < -0.39 is 0 Å². The smallest absolute Gasteiger partial charge is 0.231 e. The molecule has 0 aromatic heterocycles. The number of nitrogens with zero attached hydrogens (tertiary/aromatic N) is 1. The first-order valence-electron chi connectivity index (χ1n) is 9.40. The Morgan fingerprint density at radius 1 is 0.962 bits per heavy atom. The van der Waals surface area contributed by atoms with Crippen LogP contribution in [0.2, 0.25) is 0 Å². The van der Waals surface area contributed by atoms with Crippen molar-refractivity contribution in [2.75, 3.05) is 20.4 Å². The van der Waals surface area contributed by atoms with E-state index in [4.69, 9.17) is 14.2 Å². The summed E-state index contributed by atoms with van der Waals surface area (Å²) in [7, 11) is 1.73. The molecule has 1 fully saturated rings. The molecule has 0 radical (unpaired) electrons. The number of benzene rings is 3. The van der Waals surface area contributed by atoms with E-state index >= 15 is 0 Å². The second-order valence-electron chi connectivity index (χ2n) is 7.59. The van der Waals surface area contributed by atoms with Gasteiger partial charge in [-0.1, -0.05) is 6.07 Å². The quantitative estimate of drug-likeness (QED) is 0.616. The van der Waals surface area contributed by atoms with Gasteiger partial charge in [-0.25, -0.2) is 0 Å². The third-order valence-electron chi connectivity index (χ3n) is 6.34. The first-order valence-corrected chi connectivity index (χ1v) is 9.40. The molecule has 0 N–H and O–H groups in total. The van der Waals surface area contributed by atoms with Crippen molar-refractivity contribution in [1.29, 1.82) is 0 Å². The van der Waals surface area contributed by atoms with Gasteiger partial charge in [0, 0.05) is 12.6 Å². The topological polar surface area (TPSA) is 30.9 Å². The number of hydrogen-bond donors (Lipinski definition) is 0. The summed E-state index contributed by atoms with van der Waals surface area (Å²) < 4.78 is 16.9. The minimum Gasteiger partial charge on any atom is -0.497 e. The molecule has 0 unspecified atom stereocenters. The summed E-state index contributed by atoms with van der Waals surface area (Å²) in [6, 6.07) is 11.5. The number of ether oxygens (including phenoxy) is 3. The van der Waals surface area contributed by atoms with Crippen LogP contribution < -0.4 is 14.2 Å². The Bertz CT molecular complexity index is 1060. The molecule has 3 aromatic carbocycles. The van der Waals surface area contributed by atoms with Gasteiger partial charge in [0.25, 0.3) is 0 Å². The molecule has 0 spiro atoms. The zero-order chi connectivity index (χ0) is 17.3. The normalized spacial score (nSPS) is 21.2. The summed E-state index contributed by atoms with van der Waals surface area (Å²) in [5, 5.41) is 5.15. The highest BCUT2D eigenvalue weighted by atomic mass is 16.7. The first kappa shape index (κ1) is 14.7. The molecule has 6 rings (SSSR count). The van der Waals surface area contributed by atoms with E-state index in [0.29, 0.717) is 12.8 Å². The van der Waals surface area contributed by atoms with Gasteiger partial charge in [0.05, 0.1) is 7.11 Å². The molecular weight excluding hydrogens is 326 g/mol. The van der Waals surface area contributed by atoms with Crippen LogP contribution in [0.4, 0.5) is 0 Å². The van der Waals surface area contributed by atoms with E-state index in [0.717, 1.165) is 30.2 Å². The number of fused-ring (bicyclic) bond motifs is 8. The largest absolute Gasteiger partial charge is 0.497 e. The first-order chi connectivity index (χ1) is 12.8. The molecular formula is C22H21NO3. The summed E-state index contributed by atoms with van der Waals surface area (Å²) >= 11 is 0. The van der Waals surface area contributed by atoms with E-state index in [1.165, 1.54) is 52.1 Å². The van der Waals surface area contributed by atoms with Gasteiger partial charge in [0.15, 0.2) is 11.5 Å². The lowest BCUT2D eigenvalue weighted by Crippen LogP contribution is -2.35. The van der Waals surface area contributed by atoms with Gasteiger partial charge in [0.1, 0.15) is 5.75 Å². The monoisotopic (exact) mass is 347 g/mol. The second-order valence-corrected chi connectivity index (χ2v) is 7.59. The Labute approximate surface area is 152 Å². The molecule has 3 heterocycles. The third-order valence-corrected chi connectivity index (χ3v) is 6.34. The van der Waals surface area contributed by atoms with Crippen molar-refractivity contribution in [3.8, 4) is 17.2 Å².